The van der Waals surface area contributed by atoms with Crippen LogP contribution in [0.4, 0.5) is 10.5 Å². The first-order valence-electron chi connectivity index (χ1n) is 11.3. The summed E-state index contributed by atoms with van der Waals surface area (Å²) in [5.41, 5.74) is 2.56. The highest BCUT2D eigenvalue weighted by molar-refractivity contribution is 8.16. The lowest BCUT2D eigenvalue weighted by molar-refractivity contribution is -0.117. The Balaban J connectivity index is 1.83. The molecule has 2 aliphatic heterocycles. The zero-order chi connectivity index (χ0) is 24.4. The lowest BCUT2D eigenvalue weighted by atomic mass is 10.0. The van der Waals surface area contributed by atoms with Gasteiger partial charge in [0.15, 0.2) is 15.0 Å². The van der Waals surface area contributed by atoms with Gasteiger partial charge in [0.25, 0.3) is 0 Å². The van der Waals surface area contributed by atoms with Gasteiger partial charge in [-0.15, -0.1) is 0 Å². The van der Waals surface area contributed by atoms with Crippen LogP contribution in [0, 0.1) is 0 Å². The molecule has 2 heterocycles. The number of nitrogens with one attached hydrogen (secondary N) is 1. The number of nitrogens with zero attached hydrogens (tertiary/aromatic N) is 2. The van der Waals surface area contributed by atoms with Crippen molar-refractivity contribution in [2.75, 3.05) is 23.0 Å². The number of sulfone groups is 1. The Morgan fingerprint density at radius 3 is 2.39 bits per heavy atom. The third-order valence-electron chi connectivity index (χ3n) is 5.50. The number of ether oxygens (including phenoxy) is 1. The van der Waals surface area contributed by atoms with E-state index >= 15 is 0 Å². The van der Waals surface area contributed by atoms with Crippen molar-refractivity contribution in [1.29, 1.82) is 0 Å². The number of amides is 2. The van der Waals surface area contributed by atoms with Gasteiger partial charge in [-0.25, -0.2) is 13.2 Å². The molecule has 2 fully saturated rings. The number of aliphatic imine (C=N–C) groups is 1. The van der Waals surface area contributed by atoms with Crippen molar-refractivity contribution < 1.29 is 22.7 Å². The number of hydrogen-bond acceptors (Lipinski definition) is 6. The number of anilines is 1. The Bertz CT molecular complexity index is 1020. The number of thioether (sulfide) groups is 1. The Hall–Kier alpha value is -2.07. The van der Waals surface area contributed by atoms with Crippen LogP contribution in [0.5, 0.6) is 0 Å². The quantitative estimate of drug-likeness (QED) is 0.645. The number of benzene rings is 1. The van der Waals surface area contributed by atoms with Crippen molar-refractivity contribution in [3.63, 3.8) is 0 Å². The number of rotatable bonds is 6. The predicted molar refractivity (Wildman–Crippen MR) is 133 cm³/mol. The first-order chi connectivity index (χ1) is 15.4. The molecule has 2 atom stereocenters. The van der Waals surface area contributed by atoms with E-state index in [4.69, 9.17) is 4.74 Å². The normalized spacial score (nSPS) is 22.9. The first kappa shape index (κ1) is 25.6. The molecule has 0 aliphatic carbocycles. The van der Waals surface area contributed by atoms with Crippen LogP contribution in [-0.4, -0.2) is 60.5 Å². The van der Waals surface area contributed by atoms with Crippen LogP contribution in [0.3, 0.4) is 0 Å². The summed E-state index contributed by atoms with van der Waals surface area (Å²) >= 11 is 1.36. The largest absolute Gasteiger partial charge is 0.444 e. The fourth-order valence-electron chi connectivity index (χ4n) is 4.10. The van der Waals surface area contributed by atoms with Crippen LogP contribution in [0.15, 0.2) is 23.2 Å². The molecule has 0 unspecified atom stereocenters. The van der Waals surface area contributed by atoms with Crippen LogP contribution in [-0.2, 0) is 32.2 Å². The van der Waals surface area contributed by atoms with Gasteiger partial charge in [-0.1, -0.05) is 43.8 Å². The third-order valence-corrected chi connectivity index (χ3v) is 8.71. The molecule has 2 aliphatic rings. The molecular formula is C23H33N3O5S2. The van der Waals surface area contributed by atoms with Crippen molar-refractivity contribution >= 4 is 44.5 Å². The fraction of sp³-hybridized carbons (Fsp3) is 0.609. The molecule has 3 rings (SSSR count). The standard InChI is InChI=1S/C23H33N3O5S2/c1-6-15-9-8-10-16(7-2)20(15)26-17-13-33(29,30)14-18(17)32-21(26)25-19(27)11-12-24-22(28)31-23(3,4)5/h8-10,17-18H,6-7,11-14H2,1-5H3,(H,24,28)/t17-,18-/m0/s1. The lowest BCUT2D eigenvalue weighted by Crippen LogP contribution is -2.39. The van der Waals surface area contributed by atoms with Gasteiger partial charge in [-0.3, -0.25) is 4.79 Å². The second-order valence-electron chi connectivity index (χ2n) is 9.27. The molecule has 0 bridgehead atoms. The Morgan fingerprint density at radius 1 is 1.18 bits per heavy atom. The smallest absolute Gasteiger partial charge is 0.407 e. The molecule has 182 valence electrons. The number of alkyl carbamates (subject to hydrolysis) is 1. The van der Waals surface area contributed by atoms with Gasteiger partial charge in [0.2, 0.25) is 5.91 Å². The van der Waals surface area contributed by atoms with E-state index in [-0.39, 0.29) is 41.7 Å². The molecular weight excluding hydrogens is 462 g/mol. The molecule has 33 heavy (non-hydrogen) atoms. The van der Waals surface area contributed by atoms with E-state index in [0.717, 1.165) is 29.7 Å². The topological polar surface area (TPSA) is 105 Å². The highest BCUT2D eigenvalue weighted by Gasteiger charge is 2.50. The monoisotopic (exact) mass is 495 g/mol. The summed E-state index contributed by atoms with van der Waals surface area (Å²) in [6, 6.07) is 5.85. The molecule has 0 aromatic heterocycles. The summed E-state index contributed by atoms with van der Waals surface area (Å²) in [7, 11) is -3.14. The SMILES string of the molecule is CCc1cccc(CC)c1N1C(=NC(=O)CCNC(=O)OC(C)(C)C)S[C@H]2CS(=O)(=O)C[C@@H]21. The average molecular weight is 496 g/mol. The second-order valence-corrected chi connectivity index (χ2v) is 12.6. The van der Waals surface area contributed by atoms with Crippen LogP contribution in [0.25, 0.3) is 0 Å². The maximum atomic E-state index is 12.7. The number of hydrogen-bond donors (Lipinski definition) is 1. The van der Waals surface area contributed by atoms with Crippen LogP contribution < -0.4 is 10.2 Å². The van der Waals surface area contributed by atoms with Gasteiger partial charge < -0.3 is 15.0 Å². The van der Waals surface area contributed by atoms with Crippen molar-refractivity contribution in [3.05, 3.63) is 29.3 Å². The molecule has 1 N–H and O–H groups in total. The van der Waals surface area contributed by atoms with Gasteiger partial charge in [0, 0.05) is 23.9 Å². The van der Waals surface area contributed by atoms with Gasteiger partial charge >= 0.3 is 6.09 Å². The Morgan fingerprint density at radius 2 is 1.82 bits per heavy atom. The van der Waals surface area contributed by atoms with Crippen molar-refractivity contribution in [2.45, 2.75) is 70.8 Å². The van der Waals surface area contributed by atoms with E-state index in [0.29, 0.717) is 5.17 Å². The molecule has 1 aromatic carbocycles. The fourth-order valence-corrected chi connectivity index (χ4v) is 8.02. The molecule has 10 heteroatoms. The number of fused-ring (bicyclic) bond motifs is 1. The summed E-state index contributed by atoms with van der Waals surface area (Å²) in [5, 5.41) is 2.96. The van der Waals surface area contributed by atoms with Gasteiger partial charge in [0.05, 0.1) is 17.5 Å². The minimum atomic E-state index is -3.14. The maximum Gasteiger partial charge on any atom is 0.407 e. The van der Waals surface area contributed by atoms with E-state index < -0.39 is 21.5 Å². The summed E-state index contributed by atoms with van der Waals surface area (Å²) < 4.78 is 29.9. The number of carbonyl (C=O) groups is 2. The molecule has 2 saturated heterocycles. The van der Waals surface area contributed by atoms with E-state index in [1.54, 1.807) is 20.8 Å². The number of aryl methyl sites for hydroxylation is 2. The molecule has 2 amide bonds. The van der Waals surface area contributed by atoms with E-state index in [2.05, 4.69) is 24.2 Å². The maximum absolute atomic E-state index is 12.7. The minimum Gasteiger partial charge on any atom is -0.444 e. The van der Waals surface area contributed by atoms with Gasteiger partial charge in [-0.2, -0.15) is 4.99 Å². The zero-order valence-corrected chi connectivity index (χ0v) is 21.5. The predicted octanol–water partition coefficient (Wildman–Crippen LogP) is 3.33. The number of amidine groups is 1. The van der Waals surface area contributed by atoms with E-state index in [1.807, 2.05) is 23.1 Å². The highest BCUT2D eigenvalue weighted by Crippen LogP contribution is 2.43. The molecule has 8 nitrogen and oxygen atoms in total. The minimum absolute atomic E-state index is 0.0286. The van der Waals surface area contributed by atoms with Crippen LogP contribution in [0.1, 0.15) is 52.2 Å². The zero-order valence-electron chi connectivity index (χ0n) is 19.9. The highest BCUT2D eigenvalue weighted by atomic mass is 32.2. The molecule has 0 radical (unpaired) electrons. The van der Waals surface area contributed by atoms with Crippen molar-refractivity contribution in [2.24, 2.45) is 4.99 Å². The lowest BCUT2D eigenvalue weighted by Gasteiger charge is -2.29. The molecule has 1 aromatic rings. The summed E-state index contributed by atoms with van der Waals surface area (Å²) in [5.74, 6) is -0.227. The van der Waals surface area contributed by atoms with Gasteiger partial charge in [-0.05, 0) is 44.7 Å². The van der Waals surface area contributed by atoms with Gasteiger partial charge in [0.1, 0.15) is 5.60 Å². The van der Waals surface area contributed by atoms with E-state index in [1.165, 1.54) is 11.8 Å². The van der Waals surface area contributed by atoms with Crippen LogP contribution >= 0.6 is 11.8 Å². The summed E-state index contributed by atoms with van der Waals surface area (Å²) in [6.45, 7) is 9.55. The van der Waals surface area contributed by atoms with E-state index in [9.17, 15) is 18.0 Å². The average Bonchev–Trinajstić information content (AvgIpc) is 3.16. The second kappa shape index (κ2) is 10.0. The third kappa shape index (κ3) is 6.29. The Kier molecular flexibility index (Phi) is 7.78. The first-order valence-corrected chi connectivity index (χ1v) is 14.0. The summed E-state index contributed by atoms with van der Waals surface area (Å²) in [4.78, 5) is 30.8. The number of carbonyl (C=O) groups excluding carboxylic acids is 2. The van der Waals surface area contributed by atoms with Crippen molar-refractivity contribution in [1.82, 2.24) is 5.32 Å². The summed E-state index contributed by atoms with van der Waals surface area (Å²) in [6.07, 6.45) is 1.02. The van der Waals surface area contributed by atoms with Crippen molar-refractivity contribution in [3.8, 4) is 0 Å². The van der Waals surface area contributed by atoms with Crippen LogP contribution in [0.2, 0.25) is 0 Å². The molecule has 0 spiro atoms. The number of para-hydroxylation sites is 1. The molecule has 0 saturated carbocycles. The Labute approximate surface area is 200 Å².